The van der Waals surface area contributed by atoms with Gasteiger partial charge in [-0.3, -0.25) is 14.6 Å². The number of hydrogen-bond donors (Lipinski definition) is 1. The number of rotatable bonds is 4. The molecule has 0 radical (unpaired) electrons. The number of benzene rings is 1. The lowest BCUT2D eigenvalue weighted by molar-refractivity contribution is -0.140. The van der Waals surface area contributed by atoms with Crippen LogP contribution in [0.3, 0.4) is 0 Å². The Labute approximate surface area is 175 Å². The number of aromatic nitrogens is 2. The van der Waals surface area contributed by atoms with Gasteiger partial charge in [0, 0.05) is 30.9 Å². The average molecular weight is 410 g/mol. The lowest BCUT2D eigenvalue weighted by atomic mass is 9.83. The zero-order valence-electron chi connectivity index (χ0n) is 17.0. The van der Waals surface area contributed by atoms with E-state index in [4.69, 9.17) is 0 Å². The van der Waals surface area contributed by atoms with Crippen molar-refractivity contribution >= 4 is 11.8 Å². The fourth-order valence-corrected chi connectivity index (χ4v) is 4.62. The predicted octanol–water partition coefficient (Wildman–Crippen LogP) is 3.66. The monoisotopic (exact) mass is 410 g/mol. The zero-order chi connectivity index (χ0) is 20.9. The molecule has 2 fully saturated rings. The highest BCUT2D eigenvalue weighted by atomic mass is 19.1. The summed E-state index contributed by atoms with van der Waals surface area (Å²) in [5, 5.41) is 3.01. The highest BCUT2D eigenvalue weighted by Gasteiger charge is 2.34. The van der Waals surface area contributed by atoms with Crippen molar-refractivity contribution in [2.45, 2.75) is 57.0 Å². The Morgan fingerprint density at radius 2 is 1.77 bits per heavy atom. The second kappa shape index (κ2) is 9.32. The molecule has 4 rings (SSSR count). The van der Waals surface area contributed by atoms with Gasteiger partial charge in [0.2, 0.25) is 5.91 Å². The molecule has 1 aromatic heterocycles. The van der Waals surface area contributed by atoms with Gasteiger partial charge < -0.3 is 10.2 Å². The third kappa shape index (κ3) is 4.66. The van der Waals surface area contributed by atoms with Crippen LogP contribution in [-0.4, -0.2) is 39.3 Å². The quantitative estimate of drug-likeness (QED) is 0.835. The average Bonchev–Trinajstić information content (AvgIpc) is 2.80. The molecule has 2 amide bonds. The van der Waals surface area contributed by atoms with Crippen molar-refractivity contribution in [3.63, 3.8) is 0 Å². The maximum absolute atomic E-state index is 13.3. The molecule has 1 saturated carbocycles. The molecular weight excluding hydrogens is 383 g/mol. The minimum atomic E-state index is -0.255. The summed E-state index contributed by atoms with van der Waals surface area (Å²) in [4.78, 5) is 35.5. The van der Waals surface area contributed by atoms with Gasteiger partial charge in [-0.1, -0.05) is 12.1 Å². The van der Waals surface area contributed by atoms with Crippen molar-refractivity contribution in [3.8, 4) is 0 Å². The topological polar surface area (TPSA) is 75.2 Å². The molecule has 0 bridgehead atoms. The van der Waals surface area contributed by atoms with Crippen LogP contribution >= 0.6 is 0 Å². The van der Waals surface area contributed by atoms with Crippen LogP contribution < -0.4 is 5.32 Å². The number of halogens is 1. The minimum Gasteiger partial charge on any atom is -0.348 e. The van der Waals surface area contributed by atoms with Gasteiger partial charge in [0.15, 0.2) is 0 Å². The predicted molar refractivity (Wildman–Crippen MR) is 110 cm³/mol. The molecule has 1 saturated heterocycles. The van der Waals surface area contributed by atoms with Crippen molar-refractivity contribution in [1.82, 2.24) is 20.2 Å². The number of carbonyl (C=O) groups excluding carboxylic acids is 2. The van der Waals surface area contributed by atoms with Gasteiger partial charge in [-0.2, -0.15) is 0 Å². The maximum atomic E-state index is 13.3. The number of likely N-dealkylation sites (tertiary alicyclic amines) is 1. The first-order valence-corrected chi connectivity index (χ1v) is 10.7. The molecule has 0 spiro atoms. The molecule has 6 nitrogen and oxygen atoms in total. The first-order valence-electron chi connectivity index (χ1n) is 10.7. The summed E-state index contributed by atoms with van der Waals surface area (Å²) in [5.74, 6) is -0.294. The number of carbonyl (C=O) groups is 2. The standard InChI is InChI=1S/C23H27FN4O2/c24-18-8-4-16(5-9-18)21-3-1-2-14-28(21)23(30)17-6-10-19(11-7-17)27-22(29)20-15-25-12-13-26-20/h4-5,8-9,12-13,15,17,19,21H,1-3,6-7,10-11,14H2,(H,27,29). The number of nitrogens with one attached hydrogen (secondary N) is 1. The first-order chi connectivity index (χ1) is 14.6. The van der Waals surface area contributed by atoms with Crippen molar-refractivity contribution in [1.29, 1.82) is 0 Å². The Balaban J connectivity index is 1.35. The molecule has 1 aromatic carbocycles. The third-order valence-electron chi connectivity index (χ3n) is 6.25. The Morgan fingerprint density at radius 3 is 2.47 bits per heavy atom. The summed E-state index contributed by atoms with van der Waals surface area (Å²) in [5.41, 5.74) is 1.32. The van der Waals surface area contributed by atoms with E-state index in [1.165, 1.54) is 30.7 Å². The minimum absolute atomic E-state index is 0.0179. The van der Waals surface area contributed by atoms with Crippen LogP contribution in [-0.2, 0) is 4.79 Å². The molecule has 2 aliphatic rings. The zero-order valence-corrected chi connectivity index (χ0v) is 17.0. The molecular formula is C23H27FN4O2. The second-order valence-corrected chi connectivity index (χ2v) is 8.21. The molecule has 158 valence electrons. The van der Waals surface area contributed by atoms with Gasteiger partial charge in [-0.05, 0) is 62.6 Å². The highest BCUT2D eigenvalue weighted by Crippen LogP contribution is 2.35. The first kappa shape index (κ1) is 20.4. The largest absolute Gasteiger partial charge is 0.348 e. The van der Waals surface area contributed by atoms with Gasteiger partial charge in [0.05, 0.1) is 12.2 Å². The summed E-state index contributed by atoms with van der Waals surface area (Å²) in [6.45, 7) is 0.754. The van der Waals surface area contributed by atoms with Crippen LogP contribution in [0.5, 0.6) is 0 Å². The van der Waals surface area contributed by atoms with Gasteiger partial charge in [-0.15, -0.1) is 0 Å². The SMILES string of the molecule is O=C(NC1CCC(C(=O)N2CCCCC2c2ccc(F)cc2)CC1)c1cnccn1. The van der Waals surface area contributed by atoms with E-state index >= 15 is 0 Å². The second-order valence-electron chi connectivity index (χ2n) is 8.21. The summed E-state index contributed by atoms with van der Waals surface area (Å²) in [6.07, 6.45) is 10.6. The van der Waals surface area contributed by atoms with E-state index in [1.54, 1.807) is 12.1 Å². The van der Waals surface area contributed by atoms with Gasteiger partial charge in [0.25, 0.3) is 5.91 Å². The van der Waals surface area contributed by atoms with Gasteiger partial charge >= 0.3 is 0 Å². The molecule has 1 atom stereocenters. The molecule has 2 aromatic rings. The molecule has 30 heavy (non-hydrogen) atoms. The van der Waals surface area contributed by atoms with Crippen LogP contribution in [0.25, 0.3) is 0 Å². The normalized spacial score (nSPS) is 24.3. The van der Waals surface area contributed by atoms with E-state index in [9.17, 15) is 14.0 Å². The Bertz CT molecular complexity index is 867. The summed E-state index contributed by atoms with van der Waals surface area (Å²) >= 11 is 0. The number of hydrogen-bond acceptors (Lipinski definition) is 4. The van der Waals surface area contributed by atoms with Gasteiger partial charge in [0.1, 0.15) is 11.5 Å². The number of amides is 2. The van der Waals surface area contributed by atoms with Crippen LogP contribution in [0, 0.1) is 11.7 Å². The summed E-state index contributed by atoms with van der Waals surface area (Å²) < 4.78 is 13.3. The van der Waals surface area contributed by atoms with E-state index in [0.29, 0.717) is 5.69 Å². The van der Waals surface area contributed by atoms with E-state index in [1.807, 2.05) is 4.90 Å². The Hall–Kier alpha value is -2.83. The molecule has 7 heteroatoms. The Kier molecular flexibility index (Phi) is 6.35. The molecule has 1 N–H and O–H groups in total. The van der Waals surface area contributed by atoms with E-state index in [0.717, 1.165) is 57.1 Å². The van der Waals surface area contributed by atoms with Crippen LogP contribution in [0.15, 0.2) is 42.9 Å². The summed E-state index contributed by atoms with van der Waals surface area (Å²) in [7, 11) is 0. The number of piperidine rings is 1. The van der Waals surface area contributed by atoms with Crippen LogP contribution in [0.1, 0.15) is 67.0 Å². The van der Waals surface area contributed by atoms with E-state index in [-0.39, 0.29) is 35.6 Å². The third-order valence-corrected chi connectivity index (χ3v) is 6.25. The molecule has 1 aliphatic carbocycles. The van der Waals surface area contributed by atoms with E-state index in [2.05, 4.69) is 15.3 Å². The number of nitrogens with zero attached hydrogens (tertiary/aromatic N) is 3. The van der Waals surface area contributed by atoms with Crippen molar-refractivity contribution in [2.75, 3.05) is 6.54 Å². The van der Waals surface area contributed by atoms with Crippen LogP contribution in [0.4, 0.5) is 4.39 Å². The van der Waals surface area contributed by atoms with Crippen molar-refractivity contribution in [3.05, 3.63) is 59.9 Å². The molecule has 1 unspecified atom stereocenters. The van der Waals surface area contributed by atoms with Gasteiger partial charge in [-0.25, -0.2) is 9.37 Å². The molecule has 2 heterocycles. The molecule has 1 aliphatic heterocycles. The Morgan fingerprint density at radius 1 is 1.00 bits per heavy atom. The fourth-order valence-electron chi connectivity index (χ4n) is 4.62. The van der Waals surface area contributed by atoms with Crippen molar-refractivity contribution < 1.29 is 14.0 Å². The van der Waals surface area contributed by atoms with Crippen molar-refractivity contribution in [2.24, 2.45) is 5.92 Å². The maximum Gasteiger partial charge on any atom is 0.271 e. The smallest absolute Gasteiger partial charge is 0.271 e. The lowest BCUT2D eigenvalue weighted by Gasteiger charge is -2.39. The lowest BCUT2D eigenvalue weighted by Crippen LogP contribution is -2.45. The highest BCUT2D eigenvalue weighted by molar-refractivity contribution is 5.92. The fraction of sp³-hybridized carbons (Fsp3) is 0.478. The van der Waals surface area contributed by atoms with E-state index < -0.39 is 0 Å². The summed E-state index contributed by atoms with van der Waals surface area (Å²) in [6, 6.07) is 6.61. The van der Waals surface area contributed by atoms with Crippen LogP contribution in [0.2, 0.25) is 0 Å².